The van der Waals surface area contributed by atoms with Crippen molar-refractivity contribution in [2.75, 3.05) is 10.8 Å². The van der Waals surface area contributed by atoms with Crippen LogP contribution in [0.2, 0.25) is 0 Å². The zero-order valence-electron chi connectivity index (χ0n) is 19.2. The van der Waals surface area contributed by atoms with Gasteiger partial charge in [0.25, 0.3) is 20.0 Å². The molecule has 2 atom stereocenters. The van der Waals surface area contributed by atoms with Gasteiger partial charge in [0.05, 0.1) is 21.5 Å². The van der Waals surface area contributed by atoms with Crippen LogP contribution in [0.1, 0.15) is 29.5 Å². The zero-order chi connectivity index (χ0) is 24.3. The Hall–Kier alpha value is -3.10. The number of hydrogen-bond acceptors (Lipinski definition) is 4. The number of sulfonamides is 2. The second-order valence-electron chi connectivity index (χ2n) is 8.98. The molecule has 3 aromatic carbocycles. The summed E-state index contributed by atoms with van der Waals surface area (Å²) in [6, 6.07) is 20.5. The highest BCUT2D eigenvalue weighted by Gasteiger charge is 2.49. The highest BCUT2D eigenvalue weighted by Crippen LogP contribution is 2.49. The topological polar surface area (TPSA) is 74.8 Å². The van der Waals surface area contributed by atoms with Crippen molar-refractivity contribution in [1.82, 2.24) is 4.31 Å². The molecule has 8 heteroatoms. The first kappa shape index (κ1) is 22.7. The molecule has 6 nitrogen and oxygen atoms in total. The van der Waals surface area contributed by atoms with Crippen molar-refractivity contribution < 1.29 is 16.8 Å². The maximum atomic E-state index is 13.8. The van der Waals surface area contributed by atoms with Crippen LogP contribution in [0.4, 0.5) is 5.69 Å². The fraction of sp³-hybridized carbons (Fsp3) is 0.231. The molecule has 0 fully saturated rings. The van der Waals surface area contributed by atoms with Gasteiger partial charge in [-0.15, -0.1) is 0 Å². The van der Waals surface area contributed by atoms with Crippen LogP contribution in [0.25, 0.3) is 0 Å². The summed E-state index contributed by atoms with van der Waals surface area (Å²) in [5, 5.41) is 0. The number of hydrogen-bond donors (Lipinski definition) is 0. The number of aryl methyl sites for hydroxylation is 2. The highest BCUT2D eigenvalue weighted by molar-refractivity contribution is 7.93. The van der Waals surface area contributed by atoms with Gasteiger partial charge in [0.15, 0.2) is 0 Å². The van der Waals surface area contributed by atoms with Gasteiger partial charge in [0.2, 0.25) is 0 Å². The van der Waals surface area contributed by atoms with Gasteiger partial charge in [0, 0.05) is 18.7 Å². The molecule has 2 aliphatic rings. The standard InChI is InChI=1S/C26H26N2O4S2/c1-18-8-12-21(13-9-18)33(29,30)27-16-20(3)26-24(17-27)23-6-4-5-7-25(23)28(26)34(31,32)22-14-10-19(2)11-15-22/h4-16,24,26H,17H2,1-3H3/t24-,26-/m1/s1. The van der Waals surface area contributed by atoms with Crippen molar-refractivity contribution in [3.63, 3.8) is 0 Å². The molecule has 0 N–H and O–H groups in total. The van der Waals surface area contributed by atoms with Crippen molar-refractivity contribution >= 4 is 25.7 Å². The molecule has 0 radical (unpaired) electrons. The largest absolute Gasteiger partial charge is 0.273 e. The van der Waals surface area contributed by atoms with Crippen molar-refractivity contribution in [2.45, 2.75) is 42.5 Å². The first-order chi connectivity index (χ1) is 16.1. The van der Waals surface area contributed by atoms with Gasteiger partial charge >= 0.3 is 0 Å². The van der Waals surface area contributed by atoms with Crippen molar-refractivity contribution in [1.29, 1.82) is 0 Å². The Morgan fingerprint density at radius 1 is 0.706 bits per heavy atom. The number of nitrogens with zero attached hydrogens (tertiary/aromatic N) is 2. The number of rotatable bonds is 4. The Morgan fingerprint density at radius 3 is 1.82 bits per heavy atom. The lowest BCUT2D eigenvalue weighted by Gasteiger charge is -2.37. The van der Waals surface area contributed by atoms with Crippen molar-refractivity contribution in [3.8, 4) is 0 Å². The molecular weight excluding hydrogens is 468 g/mol. The van der Waals surface area contributed by atoms with E-state index in [4.69, 9.17) is 0 Å². The molecule has 5 rings (SSSR count). The molecule has 0 saturated carbocycles. The van der Waals surface area contributed by atoms with E-state index in [1.54, 1.807) is 67.7 Å². The number of fused-ring (bicyclic) bond motifs is 3. The lowest BCUT2D eigenvalue weighted by molar-refractivity contribution is 0.422. The van der Waals surface area contributed by atoms with E-state index in [-0.39, 0.29) is 22.3 Å². The third-order valence-corrected chi connectivity index (χ3v) is 10.2. The van der Waals surface area contributed by atoms with Gasteiger partial charge in [-0.3, -0.25) is 8.61 Å². The number of anilines is 1. The highest BCUT2D eigenvalue weighted by atomic mass is 32.2. The molecule has 0 aromatic heterocycles. The predicted octanol–water partition coefficient (Wildman–Crippen LogP) is 4.57. The van der Waals surface area contributed by atoms with Crippen LogP contribution in [0.15, 0.2) is 94.4 Å². The van der Waals surface area contributed by atoms with E-state index in [0.29, 0.717) is 11.3 Å². The monoisotopic (exact) mass is 494 g/mol. The quantitative estimate of drug-likeness (QED) is 0.532. The smallest absolute Gasteiger partial charge is 0.264 e. The molecule has 3 aromatic rings. The first-order valence-electron chi connectivity index (χ1n) is 11.1. The van der Waals surface area contributed by atoms with Gasteiger partial charge < -0.3 is 0 Å². The van der Waals surface area contributed by atoms with Crippen LogP contribution in [0, 0.1) is 13.8 Å². The lowest BCUT2D eigenvalue weighted by atomic mass is 9.89. The van der Waals surface area contributed by atoms with E-state index < -0.39 is 26.1 Å². The maximum absolute atomic E-state index is 13.8. The molecule has 2 aliphatic heterocycles. The lowest BCUT2D eigenvalue weighted by Crippen LogP contribution is -2.46. The molecular formula is C26H26N2O4S2. The SMILES string of the molecule is CC1=CN(S(=O)(=O)c2ccc(C)cc2)C[C@@H]2c3ccccc3N(S(=O)(=O)c3ccc(C)cc3)[C@H]12. The summed E-state index contributed by atoms with van der Waals surface area (Å²) in [6.45, 7) is 5.78. The zero-order valence-corrected chi connectivity index (χ0v) is 20.8. The van der Waals surface area contributed by atoms with Crippen molar-refractivity contribution in [3.05, 3.63) is 101 Å². The second-order valence-corrected chi connectivity index (χ2v) is 12.7. The number of para-hydroxylation sites is 1. The Bertz CT molecular complexity index is 1490. The third kappa shape index (κ3) is 3.52. The summed E-state index contributed by atoms with van der Waals surface area (Å²) in [6.07, 6.45) is 1.58. The minimum absolute atomic E-state index is 0.162. The van der Waals surface area contributed by atoms with Crippen LogP contribution in [0.3, 0.4) is 0 Å². The second kappa shape index (κ2) is 7.99. The predicted molar refractivity (Wildman–Crippen MR) is 133 cm³/mol. The van der Waals surface area contributed by atoms with E-state index in [1.807, 2.05) is 32.0 Å². The molecule has 0 spiro atoms. The molecule has 0 aliphatic carbocycles. The summed E-state index contributed by atoms with van der Waals surface area (Å²) in [5.74, 6) is -0.318. The van der Waals surface area contributed by atoms with Gasteiger partial charge in [-0.05, 0) is 62.2 Å². The van der Waals surface area contributed by atoms with E-state index in [0.717, 1.165) is 16.7 Å². The van der Waals surface area contributed by atoms with Gasteiger partial charge in [0.1, 0.15) is 0 Å². The Morgan fingerprint density at radius 2 is 1.24 bits per heavy atom. The molecule has 2 heterocycles. The van der Waals surface area contributed by atoms with Crippen LogP contribution in [-0.2, 0) is 20.0 Å². The average molecular weight is 495 g/mol. The summed E-state index contributed by atoms with van der Waals surface area (Å²) in [5.41, 5.74) is 4.06. The molecule has 0 saturated heterocycles. The Labute approximate surface area is 201 Å². The molecule has 176 valence electrons. The van der Waals surface area contributed by atoms with Gasteiger partial charge in [-0.25, -0.2) is 16.8 Å². The van der Waals surface area contributed by atoms with Crippen molar-refractivity contribution in [2.24, 2.45) is 0 Å². The molecule has 34 heavy (non-hydrogen) atoms. The first-order valence-corrected chi connectivity index (χ1v) is 14.0. The van der Waals surface area contributed by atoms with E-state index >= 15 is 0 Å². The summed E-state index contributed by atoms with van der Waals surface area (Å²) >= 11 is 0. The maximum Gasteiger partial charge on any atom is 0.264 e. The van der Waals surface area contributed by atoms with Crippen LogP contribution >= 0.6 is 0 Å². The Kier molecular flexibility index (Phi) is 5.33. The fourth-order valence-electron chi connectivity index (χ4n) is 4.85. The fourth-order valence-corrected chi connectivity index (χ4v) is 8.01. The van der Waals surface area contributed by atoms with Gasteiger partial charge in [-0.2, -0.15) is 0 Å². The molecule has 0 bridgehead atoms. The van der Waals surface area contributed by atoms with Gasteiger partial charge in [-0.1, -0.05) is 53.6 Å². The summed E-state index contributed by atoms with van der Waals surface area (Å²) in [7, 11) is -7.63. The normalized spacial score (nSPS) is 20.0. The Balaban J connectivity index is 1.61. The average Bonchev–Trinajstić information content (AvgIpc) is 3.16. The minimum Gasteiger partial charge on any atom is -0.273 e. The summed E-state index contributed by atoms with van der Waals surface area (Å²) in [4.78, 5) is 0.437. The van der Waals surface area contributed by atoms with Crippen LogP contribution < -0.4 is 4.31 Å². The van der Waals surface area contributed by atoms with Crippen LogP contribution in [0.5, 0.6) is 0 Å². The third-order valence-electron chi connectivity index (χ3n) is 6.60. The molecule has 0 amide bonds. The van der Waals surface area contributed by atoms with E-state index in [1.165, 1.54) is 8.61 Å². The van der Waals surface area contributed by atoms with E-state index in [2.05, 4.69) is 0 Å². The molecule has 0 unspecified atom stereocenters. The number of benzene rings is 3. The van der Waals surface area contributed by atoms with E-state index in [9.17, 15) is 16.8 Å². The minimum atomic E-state index is -3.86. The summed E-state index contributed by atoms with van der Waals surface area (Å²) < 4.78 is 57.3. The van der Waals surface area contributed by atoms with Crippen LogP contribution in [-0.4, -0.2) is 33.7 Å².